The van der Waals surface area contributed by atoms with E-state index in [2.05, 4.69) is 20.8 Å². The van der Waals surface area contributed by atoms with Crippen molar-refractivity contribution < 1.29 is 5.11 Å². The Morgan fingerprint density at radius 1 is 1.08 bits per heavy atom. The summed E-state index contributed by atoms with van der Waals surface area (Å²) in [4.78, 5) is 0. The first-order valence-corrected chi connectivity index (χ1v) is 4.75. The van der Waals surface area contributed by atoms with E-state index < -0.39 is 0 Å². The van der Waals surface area contributed by atoms with Crippen LogP contribution in [0.2, 0.25) is 0 Å². The van der Waals surface area contributed by atoms with Gasteiger partial charge in [-0.05, 0) is 36.0 Å². The number of benzene rings is 1. The van der Waals surface area contributed by atoms with E-state index in [1.807, 2.05) is 12.1 Å². The normalized spacial score (nSPS) is 11.6. The van der Waals surface area contributed by atoms with E-state index in [4.69, 9.17) is 5.11 Å². The van der Waals surface area contributed by atoms with E-state index >= 15 is 0 Å². The third-order valence-corrected chi connectivity index (χ3v) is 2.10. The average molecular weight is 178 g/mol. The van der Waals surface area contributed by atoms with Gasteiger partial charge in [-0.15, -0.1) is 0 Å². The first-order valence-electron chi connectivity index (χ1n) is 4.75. The molecule has 1 aromatic rings. The molecule has 0 unspecified atom stereocenters. The molecule has 13 heavy (non-hydrogen) atoms. The quantitative estimate of drug-likeness (QED) is 0.736. The second-order valence-electron chi connectivity index (χ2n) is 4.73. The van der Waals surface area contributed by atoms with Crippen molar-refractivity contribution >= 4 is 0 Å². The summed E-state index contributed by atoms with van der Waals surface area (Å²) in [5.41, 5.74) is 1.69. The van der Waals surface area contributed by atoms with Crippen LogP contribution < -0.4 is 0 Å². The molecule has 0 fully saturated rings. The van der Waals surface area contributed by atoms with Crippen LogP contribution in [0.4, 0.5) is 0 Å². The first kappa shape index (κ1) is 10.1. The van der Waals surface area contributed by atoms with Gasteiger partial charge in [0.15, 0.2) is 0 Å². The molecule has 0 aliphatic rings. The smallest absolute Gasteiger partial charge is 0.115 e. The third kappa shape index (κ3) is 3.97. The van der Waals surface area contributed by atoms with Crippen LogP contribution in [-0.4, -0.2) is 5.11 Å². The number of hydrogen-bond acceptors (Lipinski definition) is 1. The van der Waals surface area contributed by atoms with Crippen molar-refractivity contribution in [2.24, 2.45) is 5.41 Å². The Labute approximate surface area is 80.4 Å². The Bertz CT molecular complexity index is 253. The van der Waals surface area contributed by atoms with Gasteiger partial charge in [-0.1, -0.05) is 32.9 Å². The van der Waals surface area contributed by atoms with Crippen molar-refractivity contribution in [1.29, 1.82) is 0 Å². The Kier molecular flexibility index (Phi) is 2.97. The van der Waals surface area contributed by atoms with Crippen molar-refractivity contribution in [2.45, 2.75) is 33.6 Å². The molecule has 0 saturated heterocycles. The maximum Gasteiger partial charge on any atom is 0.115 e. The predicted molar refractivity (Wildman–Crippen MR) is 55.9 cm³/mol. The van der Waals surface area contributed by atoms with Crippen molar-refractivity contribution in [3.63, 3.8) is 0 Å². The lowest BCUT2D eigenvalue weighted by Crippen LogP contribution is -2.06. The van der Waals surface area contributed by atoms with Crippen LogP contribution in [0.5, 0.6) is 5.75 Å². The lowest BCUT2D eigenvalue weighted by atomic mass is 9.89. The van der Waals surface area contributed by atoms with E-state index in [1.165, 1.54) is 12.0 Å². The fraction of sp³-hybridized carbons (Fsp3) is 0.500. The minimum absolute atomic E-state index is 0.347. The highest BCUT2D eigenvalue weighted by Crippen LogP contribution is 2.22. The number of hydrogen-bond donors (Lipinski definition) is 1. The largest absolute Gasteiger partial charge is 0.508 e. The van der Waals surface area contributed by atoms with Crippen LogP contribution >= 0.6 is 0 Å². The van der Waals surface area contributed by atoms with E-state index in [-0.39, 0.29) is 0 Å². The molecule has 72 valence electrons. The highest BCUT2D eigenvalue weighted by atomic mass is 16.3. The van der Waals surface area contributed by atoms with E-state index in [0.717, 1.165) is 6.42 Å². The Hall–Kier alpha value is -0.980. The topological polar surface area (TPSA) is 20.2 Å². The molecular formula is C12H18O. The van der Waals surface area contributed by atoms with Gasteiger partial charge in [-0.25, -0.2) is 0 Å². The molecule has 0 heterocycles. The molecule has 1 heteroatoms. The summed E-state index contributed by atoms with van der Waals surface area (Å²) in [6, 6.07) is 7.47. The van der Waals surface area contributed by atoms with Crippen LogP contribution in [0.25, 0.3) is 0 Å². The lowest BCUT2D eigenvalue weighted by Gasteiger charge is -2.17. The Morgan fingerprint density at radius 2 is 1.62 bits per heavy atom. The second kappa shape index (κ2) is 3.82. The van der Waals surface area contributed by atoms with Crippen LogP contribution in [0.1, 0.15) is 32.8 Å². The number of rotatable bonds is 2. The molecular weight excluding hydrogens is 160 g/mol. The number of phenolic OH excluding ortho intramolecular Hbond substituents is 1. The molecule has 0 aliphatic heterocycles. The molecule has 0 aromatic heterocycles. The van der Waals surface area contributed by atoms with Crippen LogP contribution in [-0.2, 0) is 6.42 Å². The second-order valence-corrected chi connectivity index (χ2v) is 4.73. The van der Waals surface area contributed by atoms with Gasteiger partial charge in [0.2, 0.25) is 0 Å². The monoisotopic (exact) mass is 178 g/mol. The van der Waals surface area contributed by atoms with Gasteiger partial charge in [0.25, 0.3) is 0 Å². The SMILES string of the molecule is CC(C)(C)CCc1ccc(O)cc1. The predicted octanol–water partition coefficient (Wildman–Crippen LogP) is 3.37. The molecule has 1 aromatic carbocycles. The molecule has 0 spiro atoms. The summed E-state index contributed by atoms with van der Waals surface area (Å²) >= 11 is 0. The van der Waals surface area contributed by atoms with Crippen LogP contribution in [0.15, 0.2) is 24.3 Å². The summed E-state index contributed by atoms with van der Waals surface area (Å²) < 4.78 is 0. The van der Waals surface area contributed by atoms with Gasteiger partial charge in [0, 0.05) is 0 Å². The van der Waals surface area contributed by atoms with Crippen molar-refractivity contribution in [3.8, 4) is 5.75 Å². The Morgan fingerprint density at radius 3 is 2.08 bits per heavy atom. The molecule has 0 saturated carbocycles. The first-order chi connectivity index (χ1) is 5.97. The number of aryl methyl sites for hydroxylation is 1. The summed E-state index contributed by atoms with van der Waals surface area (Å²) in [5.74, 6) is 0.347. The van der Waals surface area contributed by atoms with Gasteiger partial charge in [0.05, 0.1) is 0 Å². The standard InChI is InChI=1S/C12H18O/c1-12(2,3)9-8-10-4-6-11(13)7-5-10/h4-7,13H,8-9H2,1-3H3. The third-order valence-electron chi connectivity index (χ3n) is 2.10. The maximum atomic E-state index is 9.08. The zero-order valence-electron chi connectivity index (χ0n) is 8.67. The molecule has 1 nitrogen and oxygen atoms in total. The van der Waals surface area contributed by atoms with Gasteiger partial charge in [-0.3, -0.25) is 0 Å². The molecule has 0 bridgehead atoms. The minimum Gasteiger partial charge on any atom is -0.508 e. The molecule has 1 rings (SSSR count). The molecule has 0 atom stereocenters. The highest BCUT2D eigenvalue weighted by molar-refractivity contribution is 5.25. The van der Waals surface area contributed by atoms with Crippen LogP contribution in [0, 0.1) is 5.41 Å². The molecule has 1 N–H and O–H groups in total. The van der Waals surface area contributed by atoms with Gasteiger partial charge in [-0.2, -0.15) is 0 Å². The van der Waals surface area contributed by atoms with Crippen molar-refractivity contribution in [2.75, 3.05) is 0 Å². The van der Waals surface area contributed by atoms with E-state index in [9.17, 15) is 0 Å². The number of aromatic hydroxyl groups is 1. The van der Waals surface area contributed by atoms with Gasteiger partial charge < -0.3 is 5.11 Å². The summed E-state index contributed by atoms with van der Waals surface area (Å²) in [6.45, 7) is 6.73. The average Bonchev–Trinajstić information content (AvgIpc) is 2.02. The minimum atomic E-state index is 0.347. The fourth-order valence-electron chi connectivity index (χ4n) is 1.18. The zero-order valence-corrected chi connectivity index (χ0v) is 8.67. The summed E-state index contributed by atoms with van der Waals surface area (Å²) in [7, 11) is 0. The van der Waals surface area contributed by atoms with Gasteiger partial charge in [0.1, 0.15) is 5.75 Å². The van der Waals surface area contributed by atoms with Crippen molar-refractivity contribution in [3.05, 3.63) is 29.8 Å². The molecule has 0 aliphatic carbocycles. The summed E-state index contributed by atoms with van der Waals surface area (Å²) in [5, 5.41) is 9.08. The zero-order chi connectivity index (χ0) is 9.90. The molecule has 0 radical (unpaired) electrons. The van der Waals surface area contributed by atoms with Gasteiger partial charge >= 0.3 is 0 Å². The Balaban J connectivity index is 2.51. The number of phenols is 1. The lowest BCUT2D eigenvalue weighted by molar-refractivity contribution is 0.378. The maximum absolute atomic E-state index is 9.08. The van der Waals surface area contributed by atoms with E-state index in [1.54, 1.807) is 12.1 Å². The van der Waals surface area contributed by atoms with E-state index in [0.29, 0.717) is 11.2 Å². The highest BCUT2D eigenvalue weighted by Gasteiger charge is 2.09. The fourth-order valence-corrected chi connectivity index (χ4v) is 1.18. The molecule has 0 amide bonds. The summed E-state index contributed by atoms with van der Waals surface area (Å²) in [6.07, 6.45) is 2.27. The van der Waals surface area contributed by atoms with Crippen molar-refractivity contribution in [1.82, 2.24) is 0 Å². The van der Waals surface area contributed by atoms with Crippen LogP contribution in [0.3, 0.4) is 0 Å².